The highest BCUT2D eigenvalue weighted by Gasteiger charge is 2.23. The summed E-state index contributed by atoms with van der Waals surface area (Å²) >= 11 is 7.61. The van der Waals surface area contributed by atoms with Gasteiger partial charge >= 0.3 is 0 Å². The molecule has 0 radical (unpaired) electrons. The Balaban J connectivity index is 3.53. The molecule has 0 atom stereocenters. The quantitative estimate of drug-likeness (QED) is 0.363. The number of halogens is 2. The molecule has 0 aliphatic carbocycles. The summed E-state index contributed by atoms with van der Waals surface area (Å²) in [6, 6.07) is 2.99. The lowest BCUT2D eigenvalue weighted by atomic mass is 10.1. The first-order valence-electron chi connectivity index (χ1n) is 3.58. The zero-order valence-electron chi connectivity index (χ0n) is 7.08. The van der Waals surface area contributed by atoms with Crippen LogP contribution in [0.5, 0.6) is 0 Å². The Bertz CT molecular complexity index is 419. The molecular weight excluding hydrogens is 320 g/mol. The van der Waals surface area contributed by atoms with Gasteiger partial charge in [-0.3, -0.25) is 14.9 Å². The van der Waals surface area contributed by atoms with Crippen LogP contribution < -0.4 is 0 Å². The number of carbonyl (C=O) groups is 1. The molecule has 0 aromatic heterocycles. The van der Waals surface area contributed by atoms with Gasteiger partial charge in [0.15, 0.2) is 5.78 Å². The Kier molecular flexibility index (Phi) is 3.43. The van der Waals surface area contributed by atoms with E-state index in [1.807, 2.05) is 22.6 Å². The summed E-state index contributed by atoms with van der Waals surface area (Å²) in [4.78, 5) is 21.1. The molecule has 0 aliphatic rings. The maximum Gasteiger partial charge on any atom is 0.299 e. The summed E-state index contributed by atoms with van der Waals surface area (Å²) in [5, 5.41) is 10.7. The minimum absolute atomic E-state index is 0.0169. The van der Waals surface area contributed by atoms with E-state index in [0.717, 1.165) is 0 Å². The van der Waals surface area contributed by atoms with Crippen LogP contribution in [0.15, 0.2) is 12.1 Å². The molecule has 0 heterocycles. The summed E-state index contributed by atoms with van der Waals surface area (Å²) in [5.41, 5.74) is -0.272. The first-order chi connectivity index (χ1) is 6.45. The van der Waals surface area contributed by atoms with Crippen LogP contribution in [0.25, 0.3) is 0 Å². The van der Waals surface area contributed by atoms with E-state index in [9.17, 15) is 14.9 Å². The Labute approximate surface area is 98.5 Å². The van der Waals surface area contributed by atoms with Crippen molar-refractivity contribution in [1.82, 2.24) is 0 Å². The summed E-state index contributed by atoms with van der Waals surface area (Å²) < 4.78 is 0.556. The Hall–Kier alpha value is -0.690. The van der Waals surface area contributed by atoms with Gasteiger partial charge in [-0.05, 0) is 41.6 Å². The Morgan fingerprint density at radius 2 is 2.14 bits per heavy atom. The van der Waals surface area contributed by atoms with Crippen molar-refractivity contribution in [1.29, 1.82) is 0 Å². The summed E-state index contributed by atoms with van der Waals surface area (Å²) in [6.45, 7) is 1.27. The van der Waals surface area contributed by atoms with E-state index in [-0.39, 0.29) is 22.1 Å². The van der Waals surface area contributed by atoms with Crippen LogP contribution in [0.2, 0.25) is 5.02 Å². The minimum Gasteiger partial charge on any atom is -0.294 e. The van der Waals surface area contributed by atoms with Crippen molar-refractivity contribution in [2.45, 2.75) is 6.92 Å². The molecule has 4 nitrogen and oxygen atoms in total. The standard InChI is InChI=1S/C8H5ClINO3/c1-4(12)5-2-3-6(10)7(9)8(5)11(13)14/h2-3H,1H3. The van der Waals surface area contributed by atoms with Crippen LogP contribution in [0.3, 0.4) is 0 Å². The summed E-state index contributed by atoms with van der Waals surface area (Å²) in [5.74, 6) is -0.366. The van der Waals surface area contributed by atoms with Crippen LogP contribution >= 0.6 is 34.2 Å². The third kappa shape index (κ3) is 2.03. The van der Waals surface area contributed by atoms with Crippen LogP contribution in [0, 0.1) is 13.7 Å². The van der Waals surface area contributed by atoms with Gasteiger partial charge in [0.05, 0.1) is 10.5 Å². The average molecular weight is 325 g/mol. The maximum absolute atomic E-state index is 11.1. The van der Waals surface area contributed by atoms with Gasteiger partial charge in [0, 0.05) is 3.57 Å². The van der Waals surface area contributed by atoms with E-state index in [0.29, 0.717) is 3.57 Å². The van der Waals surface area contributed by atoms with Gasteiger partial charge in [-0.1, -0.05) is 11.6 Å². The molecular formula is C8H5ClINO3. The molecule has 0 saturated heterocycles. The topological polar surface area (TPSA) is 60.2 Å². The van der Waals surface area contributed by atoms with Gasteiger partial charge < -0.3 is 0 Å². The highest BCUT2D eigenvalue weighted by molar-refractivity contribution is 14.1. The number of nitro groups is 1. The molecule has 0 amide bonds. The fourth-order valence-electron chi connectivity index (χ4n) is 1.00. The number of ketones is 1. The SMILES string of the molecule is CC(=O)c1ccc(I)c(Cl)c1[N+](=O)[O-]. The molecule has 74 valence electrons. The predicted octanol–water partition coefficient (Wildman–Crippen LogP) is 3.06. The molecule has 0 saturated carbocycles. The first kappa shape index (κ1) is 11.4. The number of nitro benzene ring substituents is 1. The fraction of sp³-hybridized carbons (Fsp3) is 0.125. The number of benzene rings is 1. The van der Waals surface area contributed by atoms with Crippen LogP contribution in [0.4, 0.5) is 5.69 Å². The molecule has 1 rings (SSSR count). The molecule has 1 aromatic rings. The van der Waals surface area contributed by atoms with Crippen molar-refractivity contribution in [2.75, 3.05) is 0 Å². The van der Waals surface area contributed by atoms with Gasteiger partial charge in [0.2, 0.25) is 0 Å². The zero-order chi connectivity index (χ0) is 10.9. The van der Waals surface area contributed by atoms with E-state index in [4.69, 9.17) is 11.6 Å². The van der Waals surface area contributed by atoms with E-state index in [2.05, 4.69) is 0 Å². The average Bonchev–Trinajstić information content (AvgIpc) is 2.08. The predicted molar refractivity (Wildman–Crippen MR) is 60.8 cm³/mol. The number of hydrogen-bond acceptors (Lipinski definition) is 3. The van der Waals surface area contributed by atoms with Gasteiger partial charge in [0.1, 0.15) is 5.02 Å². The maximum atomic E-state index is 11.1. The molecule has 0 fully saturated rings. The van der Waals surface area contributed by atoms with Crippen LogP contribution in [0.1, 0.15) is 17.3 Å². The monoisotopic (exact) mass is 325 g/mol. The van der Waals surface area contributed by atoms with E-state index < -0.39 is 4.92 Å². The van der Waals surface area contributed by atoms with E-state index in [1.165, 1.54) is 13.0 Å². The molecule has 0 aliphatic heterocycles. The Morgan fingerprint density at radius 1 is 1.57 bits per heavy atom. The molecule has 0 spiro atoms. The van der Waals surface area contributed by atoms with Crippen molar-refractivity contribution in [3.8, 4) is 0 Å². The van der Waals surface area contributed by atoms with Crippen molar-refractivity contribution in [3.05, 3.63) is 36.4 Å². The second-order valence-electron chi connectivity index (χ2n) is 2.57. The van der Waals surface area contributed by atoms with E-state index in [1.54, 1.807) is 6.07 Å². The number of hydrogen-bond donors (Lipinski definition) is 0. The fourth-order valence-corrected chi connectivity index (χ4v) is 1.67. The van der Waals surface area contributed by atoms with Gasteiger partial charge in [-0.25, -0.2) is 0 Å². The molecule has 0 unspecified atom stereocenters. The molecule has 6 heteroatoms. The number of Topliss-reactive ketones (excluding diaryl/α,β-unsaturated/α-hetero) is 1. The highest BCUT2D eigenvalue weighted by atomic mass is 127. The van der Waals surface area contributed by atoms with Crippen molar-refractivity contribution < 1.29 is 9.72 Å². The normalized spacial score (nSPS) is 9.93. The van der Waals surface area contributed by atoms with Gasteiger partial charge in [-0.15, -0.1) is 0 Å². The highest BCUT2D eigenvalue weighted by Crippen LogP contribution is 2.32. The number of rotatable bonds is 2. The number of nitrogens with zero attached hydrogens (tertiary/aromatic N) is 1. The zero-order valence-corrected chi connectivity index (χ0v) is 10.00. The summed E-state index contributed by atoms with van der Waals surface area (Å²) in [7, 11) is 0. The van der Waals surface area contributed by atoms with Crippen molar-refractivity contribution >= 4 is 45.7 Å². The Morgan fingerprint density at radius 3 is 2.57 bits per heavy atom. The van der Waals surface area contributed by atoms with Crippen LogP contribution in [-0.4, -0.2) is 10.7 Å². The lowest BCUT2D eigenvalue weighted by Gasteiger charge is -2.02. The van der Waals surface area contributed by atoms with Crippen LogP contribution in [-0.2, 0) is 0 Å². The largest absolute Gasteiger partial charge is 0.299 e. The summed E-state index contributed by atoms with van der Waals surface area (Å²) in [6.07, 6.45) is 0. The molecule has 0 bridgehead atoms. The molecule has 0 N–H and O–H groups in total. The van der Waals surface area contributed by atoms with Gasteiger partial charge in [-0.2, -0.15) is 0 Å². The lowest BCUT2D eigenvalue weighted by molar-refractivity contribution is -0.385. The first-order valence-corrected chi connectivity index (χ1v) is 5.04. The lowest BCUT2D eigenvalue weighted by Crippen LogP contribution is -2.01. The van der Waals surface area contributed by atoms with E-state index >= 15 is 0 Å². The smallest absolute Gasteiger partial charge is 0.294 e. The second kappa shape index (κ2) is 4.22. The third-order valence-electron chi connectivity index (χ3n) is 1.63. The molecule has 1 aromatic carbocycles. The molecule has 14 heavy (non-hydrogen) atoms. The van der Waals surface area contributed by atoms with Crippen molar-refractivity contribution in [2.24, 2.45) is 0 Å². The van der Waals surface area contributed by atoms with Crippen molar-refractivity contribution in [3.63, 3.8) is 0 Å². The second-order valence-corrected chi connectivity index (χ2v) is 4.11. The third-order valence-corrected chi connectivity index (χ3v) is 3.23. The number of carbonyl (C=O) groups excluding carboxylic acids is 1. The minimum atomic E-state index is -0.638. The van der Waals surface area contributed by atoms with Gasteiger partial charge in [0.25, 0.3) is 5.69 Å².